The molecule has 0 aliphatic carbocycles. The molecule has 24 heavy (non-hydrogen) atoms. The highest BCUT2D eigenvalue weighted by Crippen LogP contribution is 2.24. The van der Waals surface area contributed by atoms with Gasteiger partial charge in [0.05, 0.1) is 6.54 Å². The maximum Gasteiger partial charge on any atom is 0.317 e. The van der Waals surface area contributed by atoms with E-state index in [0.717, 1.165) is 5.57 Å². The van der Waals surface area contributed by atoms with Crippen LogP contribution in [0.15, 0.2) is 43.0 Å². The van der Waals surface area contributed by atoms with E-state index < -0.39 is 0 Å². The Morgan fingerprint density at radius 1 is 1.42 bits per heavy atom. The Labute approximate surface area is 140 Å². The highest BCUT2D eigenvalue weighted by molar-refractivity contribution is 5.77. The lowest BCUT2D eigenvalue weighted by Crippen LogP contribution is -2.46. The number of amides is 2. The molecule has 0 fully saturated rings. The summed E-state index contributed by atoms with van der Waals surface area (Å²) in [5.41, 5.74) is 1.57. The Bertz CT molecular complexity index is 728. The van der Waals surface area contributed by atoms with Crippen LogP contribution in [0, 0.1) is 5.82 Å². The molecule has 1 aliphatic heterocycles. The molecular formula is C17H20FN5O. The molecule has 1 aromatic heterocycles. The largest absolute Gasteiger partial charge is 0.334 e. The van der Waals surface area contributed by atoms with Crippen molar-refractivity contribution >= 4 is 11.6 Å². The van der Waals surface area contributed by atoms with Crippen molar-refractivity contribution in [2.75, 3.05) is 13.1 Å². The highest BCUT2D eigenvalue weighted by atomic mass is 19.1. The van der Waals surface area contributed by atoms with Gasteiger partial charge in [-0.25, -0.2) is 14.2 Å². The molecule has 0 unspecified atom stereocenters. The first-order chi connectivity index (χ1) is 11.6. The number of urea groups is 1. The second kappa shape index (κ2) is 7.25. The normalized spacial score (nSPS) is 15.8. The second-order valence-electron chi connectivity index (χ2n) is 5.87. The summed E-state index contributed by atoms with van der Waals surface area (Å²) in [6, 6.07) is 6.56. The summed E-state index contributed by atoms with van der Waals surface area (Å²) in [4.78, 5) is 17.9. The van der Waals surface area contributed by atoms with Crippen LogP contribution in [0.4, 0.5) is 9.18 Å². The topological polar surface area (TPSA) is 63.1 Å². The van der Waals surface area contributed by atoms with E-state index in [1.807, 2.05) is 19.1 Å². The summed E-state index contributed by atoms with van der Waals surface area (Å²) in [6.45, 7) is 3.54. The van der Waals surface area contributed by atoms with E-state index in [1.165, 1.54) is 12.4 Å². The van der Waals surface area contributed by atoms with Gasteiger partial charge in [-0.2, -0.15) is 5.10 Å². The van der Waals surface area contributed by atoms with Gasteiger partial charge < -0.3 is 10.2 Å². The molecule has 2 heterocycles. The summed E-state index contributed by atoms with van der Waals surface area (Å²) in [6.07, 6.45) is 5.65. The molecule has 2 aromatic rings. The number of aromatic nitrogens is 3. The smallest absolute Gasteiger partial charge is 0.317 e. The lowest BCUT2D eigenvalue weighted by Gasteiger charge is -2.28. The number of benzene rings is 1. The van der Waals surface area contributed by atoms with Gasteiger partial charge in [0.25, 0.3) is 0 Å². The fourth-order valence-electron chi connectivity index (χ4n) is 2.78. The summed E-state index contributed by atoms with van der Waals surface area (Å²) in [5.74, 6) is -0.219. The van der Waals surface area contributed by atoms with Crippen molar-refractivity contribution in [2.45, 2.75) is 25.9 Å². The molecule has 6 nitrogen and oxygen atoms in total. The van der Waals surface area contributed by atoms with Crippen LogP contribution in [-0.4, -0.2) is 44.8 Å². The molecule has 1 atom stereocenters. The Hall–Kier alpha value is -2.70. The van der Waals surface area contributed by atoms with E-state index in [4.69, 9.17) is 0 Å². The number of nitrogens with zero attached hydrogens (tertiary/aromatic N) is 4. The zero-order chi connectivity index (χ0) is 16.9. The van der Waals surface area contributed by atoms with Crippen LogP contribution in [-0.2, 0) is 6.54 Å². The van der Waals surface area contributed by atoms with E-state index in [2.05, 4.69) is 15.4 Å². The van der Waals surface area contributed by atoms with Crippen molar-refractivity contribution in [3.05, 3.63) is 54.4 Å². The van der Waals surface area contributed by atoms with Gasteiger partial charge in [-0.15, -0.1) is 0 Å². The Balaban J connectivity index is 1.55. The predicted octanol–water partition coefficient (Wildman–Crippen LogP) is 2.30. The molecule has 0 spiro atoms. The Morgan fingerprint density at radius 3 is 2.92 bits per heavy atom. The van der Waals surface area contributed by atoms with E-state index >= 15 is 0 Å². The number of carbonyl (C=O) groups excluding carboxylic acids is 1. The highest BCUT2D eigenvalue weighted by Gasteiger charge is 2.20. The third-order valence-electron chi connectivity index (χ3n) is 4.01. The van der Waals surface area contributed by atoms with Gasteiger partial charge in [-0.3, -0.25) is 4.68 Å². The molecule has 2 amide bonds. The third-order valence-corrected chi connectivity index (χ3v) is 4.01. The van der Waals surface area contributed by atoms with Gasteiger partial charge in [0.15, 0.2) is 0 Å². The maximum absolute atomic E-state index is 13.8. The quantitative estimate of drug-likeness (QED) is 0.936. The third kappa shape index (κ3) is 3.79. The van der Waals surface area contributed by atoms with Crippen molar-refractivity contribution in [2.24, 2.45) is 0 Å². The zero-order valence-electron chi connectivity index (χ0n) is 13.5. The predicted molar refractivity (Wildman–Crippen MR) is 88.6 cm³/mol. The van der Waals surface area contributed by atoms with E-state index in [9.17, 15) is 9.18 Å². The van der Waals surface area contributed by atoms with E-state index in [1.54, 1.807) is 28.0 Å². The summed E-state index contributed by atoms with van der Waals surface area (Å²) in [5, 5.41) is 6.97. The minimum Gasteiger partial charge on any atom is -0.334 e. The number of hydrogen-bond acceptors (Lipinski definition) is 3. The van der Waals surface area contributed by atoms with Crippen molar-refractivity contribution in [3.63, 3.8) is 0 Å². The number of carbonyl (C=O) groups is 1. The molecule has 126 valence electrons. The first kappa shape index (κ1) is 16.2. The molecule has 0 radical (unpaired) electrons. The fraction of sp³-hybridized carbons (Fsp3) is 0.353. The zero-order valence-corrected chi connectivity index (χ0v) is 13.5. The van der Waals surface area contributed by atoms with Crippen LogP contribution in [0.1, 0.15) is 18.9 Å². The fourth-order valence-corrected chi connectivity index (χ4v) is 2.78. The lowest BCUT2D eigenvalue weighted by molar-refractivity contribution is 0.198. The van der Waals surface area contributed by atoms with Crippen molar-refractivity contribution < 1.29 is 9.18 Å². The SMILES string of the molecule is C[C@H](Cn1cncn1)NC(=O)N1CC=C(c2ccccc2F)CC1. The van der Waals surface area contributed by atoms with Crippen molar-refractivity contribution in [1.82, 2.24) is 25.0 Å². The van der Waals surface area contributed by atoms with E-state index in [-0.39, 0.29) is 17.9 Å². The van der Waals surface area contributed by atoms with Gasteiger partial charge in [0.1, 0.15) is 18.5 Å². The average molecular weight is 329 g/mol. The molecule has 1 aliphatic rings. The van der Waals surface area contributed by atoms with Crippen LogP contribution in [0.3, 0.4) is 0 Å². The molecule has 0 saturated carbocycles. The van der Waals surface area contributed by atoms with Gasteiger partial charge >= 0.3 is 6.03 Å². The Morgan fingerprint density at radius 2 is 2.25 bits per heavy atom. The molecule has 1 N–H and O–H groups in total. The summed E-state index contributed by atoms with van der Waals surface area (Å²) < 4.78 is 15.5. The number of hydrogen-bond donors (Lipinski definition) is 1. The standard InChI is InChI=1S/C17H20FN5O/c1-13(10-23-12-19-11-20-23)21-17(24)22-8-6-14(7-9-22)15-4-2-3-5-16(15)18/h2-6,11-13H,7-10H2,1H3,(H,21,24)/t13-/m1/s1. The van der Waals surface area contributed by atoms with Gasteiger partial charge in [-0.05, 0) is 25.0 Å². The minimum atomic E-state index is -0.219. The van der Waals surface area contributed by atoms with Crippen LogP contribution in [0.2, 0.25) is 0 Å². The lowest BCUT2D eigenvalue weighted by atomic mass is 9.99. The van der Waals surface area contributed by atoms with Crippen LogP contribution in [0.25, 0.3) is 5.57 Å². The summed E-state index contributed by atoms with van der Waals surface area (Å²) >= 11 is 0. The van der Waals surface area contributed by atoms with Crippen LogP contribution < -0.4 is 5.32 Å². The average Bonchev–Trinajstić information content (AvgIpc) is 3.08. The van der Waals surface area contributed by atoms with Crippen molar-refractivity contribution in [1.29, 1.82) is 0 Å². The number of nitrogens with one attached hydrogen (secondary N) is 1. The van der Waals surface area contributed by atoms with Crippen molar-refractivity contribution in [3.8, 4) is 0 Å². The molecule has 7 heteroatoms. The molecular weight excluding hydrogens is 309 g/mol. The van der Waals surface area contributed by atoms with Crippen LogP contribution in [0.5, 0.6) is 0 Å². The van der Waals surface area contributed by atoms with Gasteiger partial charge in [0.2, 0.25) is 0 Å². The molecule has 0 bridgehead atoms. The van der Waals surface area contributed by atoms with Gasteiger partial charge in [0, 0.05) is 24.7 Å². The minimum absolute atomic E-state index is 0.0591. The monoisotopic (exact) mass is 329 g/mol. The molecule has 3 rings (SSSR count). The number of rotatable bonds is 4. The number of halogens is 1. The van der Waals surface area contributed by atoms with E-state index in [0.29, 0.717) is 31.6 Å². The molecule has 1 aromatic carbocycles. The van der Waals surface area contributed by atoms with Gasteiger partial charge in [-0.1, -0.05) is 24.3 Å². The maximum atomic E-state index is 13.8. The van der Waals surface area contributed by atoms with Crippen LogP contribution >= 0.6 is 0 Å². The summed E-state index contributed by atoms with van der Waals surface area (Å²) in [7, 11) is 0. The second-order valence-corrected chi connectivity index (χ2v) is 5.87. The first-order valence-corrected chi connectivity index (χ1v) is 7.95. The Kier molecular flexibility index (Phi) is 4.88. The molecule has 0 saturated heterocycles. The first-order valence-electron chi connectivity index (χ1n) is 7.95.